The van der Waals surface area contributed by atoms with Crippen molar-refractivity contribution in [3.63, 3.8) is 0 Å². The second-order valence-corrected chi connectivity index (χ2v) is 5.39. The summed E-state index contributed by atoms with van der Waals surface area (Å²) in [7, 11) is 1.52. The predicted molar refractivity (Wildman–Crippen MR) is 78.6 cm³/mol. The zero-order chi connectivity index (χ0) is 14.7. The summed E-state index contributed by atoms with van der Waals surface area (Å²) in [5.41, 5.74) is 1.31. The molecule has 0 spiro atoms. The fraction of sp³-hybridized carbons (Fsp3) is 0.438. The Labute approximate surface area is 124 Å². The highest BCUT2D eigenvalue weighted by Gasteiger charge is 2.19. The van der Waals surface area contributed by atoms with Gasteiger partial charge in [0.2, 0.25) is 5.88 Å². The summed E-state index contributed by atoms with van der Waals surface area (Å²) in [5, 5.41) is 4.55. The quantitative estimate of drug-likeness (QED) is 0.793. The molecule has 0 aromatic carbocycles. The van der Waals surface area contributed by atoms with E-state index < -0.39 is 0 Å². The lowest BCUT2D eigenvalue weighted by Crippen LogP contribution is -2.09. The lowest BCUT2D eigenvalue weighted by Gasteiger charge is -2.09. The van der Waals surface area contributed by atoms with Gasteiger partial charge in [-0.2, -0.15) is 5.10 Å². The molecule has 1 aliphatic carbocycles. The first-order valence-electron chi connectivity index (χ1n) is 7.34. The second kappa shape index (κ2) is 6.08. The van der Waals surface area contributed by atoms with Crippen LogP contribution in [0.25, 0.3) is 0 Å². The number of pyridine rings is 1. The first-order chi connectivity index (χ1) is 10.3. The average molecular weight is 285 g/mol. The molecule has 5 heteroatoms. The van der Waals surface area contributed by atoms with Crippen molar-refractivity contribution in [2.75, 3.05) is 7.11 Å². The van der Waals surface area contributed by atoms with Gasteiger partial charge in [-0.05, 0) is 31.0 Å². The molecule has 0 radical (unpaired) electrons. The van der Waals surface area contributed by atoms with Crippen molar-refractivity contribution >= 4 is 5.78 Å². The van der Waals surface area contributed by atoms with E-state index in [9.17, 15) is 4.79 Å². The van der Waals surface area contributed by atoms with E-state index in [1.165, 1.54) is 32.8 Å². The Kier molecular flexibility index (Phi) is 3.99. The Morgan fingerprint density at radius 2 is 2.19 bits per heavy atom. The van der Waals surface area contributed by atoms with Crippen molar-refractivity contribution in [3.05, 3.63) is 41.9 Å². The minimum absolute atomic E-state index is 0.0170. The molecular weight excluding hydrogens is 266 g/mol. The third kappa shape index (κ3) is 2.96. The number of hydrogen-bond acceptors (Lipinski definition) is 4. The van der Waals surface area contributed by atoms with E-state index in [0.29, 0.717) is 17.5 Å². The van der Waals surface area contributed by atoms with Crippen LogP contribution in [0.15, 0.2) is 30.6 Å². The highest BCUT2D eigenvalue weighted by Crippen LogP contribution is 2.28. The maximum Gasteiger partial charge on any atom is 0.224 e. The van der Waals surface area contributed by atoms with Crippen LogP contribution in [-0.2, 0) is 6.42 Å². The molecule has 0 amide bonds. The highest BCUT2D eigenvalue weighted by molar-refractivity contribution is 5.99. The first kappa shape index (κ1) is 13.8. The molecule has 1 fully saturated rings. The topological polar surface area (TPSA) is 57.0 Å². The van der Waals surface area contributed by atoms with Crippen molar-refractivity contribution < 1.29 is 9.53 Å². The number of rotatable bonds is 5. The second-order valence-electron chi connectivity index (χ2n) is 5.39. The van der Waals surface area contributed by atoms with Gasteiger partial charge < -0.3 is 4.74 Å². The Balaban J connectivity index is 1.72. The molecule has 3 rings (SSSR count). The van der Waals surface area contributed by atoms with Gasteiger partial charge in [-0.15, -0.1) is 0 Å². The van der Waals surface area contributed by atoms with Gasteiger partial charge in [0.1, 0.15) is 0 Å². The predicted octanol–water partition coefficient (Wildman–Crippen LogP) is 2.83. The number of nitrogens with zero attached hydrogens (tertiary/aromatic N) is 3. The van der Waals surface area contributed by atoms with Crippen molar-refractivity contribution in [1.29, 1.82) is 0 Å². The van der Waals surface area contributed by atoms with E-state index in [-0.39, 0.29) is 12.2 Å². The summed E-state index contributed by atoms with van der Waals surface area (Å²) < 4.78 is 7.14. The van der Waals surface area contributed by atoms with Crippen LogP contribution in [0.4, 0.5) is 0 Å². The standard InChI is InChI=1S/C16H19N3O2/c1-21-16-14(7-4-9-17-16)15(20)11-12-8-10-19(18-12)13-5-2-3-6-13/h4,7-10,13H,2-3,5-6,11H2,1H3. The lowest BCUT2D eigenvalue weighted by molar-refractivity contribution is 0.0988. The van der Waals surface area contributed by atoms with E-state index in [1.54, 1.807) is 18.3 Å². The summed E-state index contributed by atoms with van der Waals surface area (Å²) >= 11 is 0. The lowest BCUT2D eigenvalue weighted by atomic mass is 10.1. The van der Waals surface area contributed by atoms with E-state index in [4.69, 9.17) is 4.74 Å². The molecule has 0 N–H and O–H groups in total. The minimum Gasteiger partial charge on any atom is -0.480 e. The number of methoxy groups -OCH3 is 1. The molecule has 0 unspecified atom stereocenters. The Hall–Kier alpha value is -2.17. The molecule has 2 heterocycles. The van der Waals surface area contributed by atoms with Gasteiger partial charge in [-0.1, -0.05) is 12.8 Å². The zero-order valence-electron chi connectivity index (χ0n) is 12.2. The van der Waals surface area contributed by atoms with Crippen LogP contribution < -0.4 is 4.74 Å². The molecule has 5 nitrogen and oxygen atoms in total. The van der Waals surface area contributed by atoms with Crippen LogP contribution in [-0.4, -0.2) is 27.7 Å². The van der Waals surface area contributed by atoms with Crippen LogP contribution >= 0.6 is 0 Å². The highest BCUT2D eigenvalue weighted by atomic mass is 16.5. The number of Topliss-reactive ketones (excluding diaryl/α,β-unsaturated/α-hetero) is 1. The van der Waals surface area contributed by atoms with Gasteiger partial charge in [0.15, 0.2) is 5.78 Å². The molecule has 1 aliphatic rings. The molecule has 21 heavy (non-hydrogen) atoms. The van der Waals surface area contributed by atoms with Crippen molar-refractivity contribution in [3.8, 4) is 5.88 Å². The summed E-state index contributed by atoms with van der Waals surface area (Å²) in [6, 6.07) is 5.91. The third-order valence-corrected chi connectivity index (χ3v) is 3.97. The van der Waals surface area contributed by atoms with Crippen LogP contribution in [0.3, 0.4) is 0 Å². The van der Waals surface area contributed by atoms with E-state index in [0.717, 1.165) is 5.69 Å². The molecule has 1 saturated carbocycles. The molecule has 0 saturated heterocycles. The number of carbonyl (C=O) groups excluding carboxylic acids is 1. The molecule has 0 atom stereocenters. The first-order valence-corrected chi connectivity index (χ1v) is 7.34. The molecule has 0 aliphatic heterocycles. The fourth-order valence-electron chi connectivity index (χ4n) is 2.87. The van der Waals surface area contributed by atoms with Crippen molar-refractivity contribution in [2.24, 2.45) is 0 Å². The normalized spacial score (nSPS) is 15.3. The Morgan fingerprint density at radius 3 is 2.95 bits per heavy atom. The van der Waals surface area contributed by atoms with Gasteiger partial charge in [0.25, 0.3) is 0 Å². The minimum atomic E-state index is -0.0170. The van der Waals surface area contributed by atoms with Crippen molar-refractivity contribution in [2.45, 2.75) is 38.1 Å². The molecule has 0 bridgehead atoms. The largest absolute Gasteiger partial charge is 0.480 e. The van der Waals surface area contributed by atoms with Gasteiger partial charge in [-0.3, -0.25) is 9.48 Å². The smallest absolute Gasteiger partial charge is 0.224 e. The van der Waals surface area contributed by atoms with Crippen LogP contribution in [0, 0.1) is 0 Å². The SMILES string of the molecule is COc1ncccc1C(=O)Cc1ccn(C2CCCC2)n1. The fourth-order valence-corrected chi connectivity index (χ4v) is 2.87. The molecule has 2 aromatic heterocycles. The van der Waals surface area contributed by atoms with Gasteiger partial charge in [0.05, 0.1) is 30.8 Å². The zero-order valence-corrected chi connectivity index (χ0v) is 12.2. The van der Waals surface area contributed by atoms with Crippen LogP contribution in [0.1, 0.15) is 47.8 Å². The van der Waals surface area contributed by atoms with Crippen molar-refractivity contribution in [1.82, 2.24) is 14.8 Å². The number of hydrogen-bond donors (Lipinski definition) is 0. The van der Waals surface area contributed by atoms with Gasteiger partial charge in [0, 0.05) is 12.4 Å². The van der Waals surface area contributed by atoms with Gasteiger partial charge >= 0.3 is 0 Å². The van der Waals surface area contributed by atoms with Crippen LogP contribution in [0.5, 0.6) is 5.88 Å². The van der Waals surface area contributed by atoms with E-state index in [2.05, 4.69) is 10.1 Å². The molecular formula is C16H19N3O2. The van der Waals surface area contributed by atoms with E-state index in [1.807, 2.05) is 16.9 Å². The summed E-state index contributed by atoms with van der Waals surface area (Å²) in [4.78, 5) is 16.4. The monoisotopic (exact) mass is 285 g/mol. The number of carbonyl (C=O) groups is 1. The number of ketones is 1. The summed E-state index contributed by atoms with van der Waals surface area (Å²) in [6.45, 7) is 0. The van der Waals surface area contributed by atoms with Gasteiger partial charge in [-0.25, -0.2) is 4.98 Å². The molecule has 110 valence electrons. The Bertz CT molecular complexity index is 630. The summed E-state index contributed by atoms with van der Waals surface area (Å²) in [6.07, 6.45) is 8.79. The van der Waals surface area contributed by atoms with E-state index >= 15 is 0 Å². The maximum absolute atomic E-state index is 12.4. The number of ether oxygens (including phenoxy) is 1. The summed E-state index contributed by atoms with van der Waals surface area (Å²) in [5.74, 6) is 0.356. The third-order valence-electron chi connectivity index (χ3n) is 3.97. The number of aromatic nitrogens is 3. The molecule has 2 aromatic rings. The average Bonchev–Trinajstić information content (AvgIpc) is 3.17. The maximum atomic E-state index is 12.4. The Morgan fingerprint density at radius 1 is 1.38 bits per heavy atom. The van der Waals surface area contributed by atoms with Crippen LogP contribution in [0.2, 0.25) is 0 Å².